The number of unbranched alkanes of at least 4 members (excludes halogenated alkanes) is 1. The molecule has 25 heavy (non-hydrogen) atoms. The summed E-state index contributed by atoms with van der Waals surface area (Å²) < 4.78 is 13.6. The van der Waals surface area contributed by atoms with Gasteiger partial charge in [0.05, 0.1) is 0 Å². The fraction of sp³-hybridized carbons (Fsp3) is 0.750. The van der Waals surface area contributed by atoms with Gasteiger partial charge in [0.1, 0.15) is 5.82 Å². The Morgan fingerprint density at radius 1 is 0.880 bits per heavy atom. The SMILES string of the molecule is Cc1ccc(CCCCC2CCC(C3CCC(C)CC3)CC2)cc1F. The first-order valence-electron chi connectivity index (χ1n) is 10.9. The van der Waals surface area contributed by atoms with E-state index in [0.29, 0.717) is 0 Å². The van der Waals surface area contributed by atoms with Crippen molar-refractivity contribution in [2.75, 3.05) is 0 Å². The van der Waals surface area contributed by atoms with Crippen molar-refractivity contribution in [3.8, 4) is 0 Å². The maximum Gasteiger partial charge on any atom is 0.126 e. The highest BCUT2D eigenvalue weighted by molar-refractivity contribution is 5.23. The van der Waals surface area contributed by atoms with Gasteiger partial charge in [-0.15, -0.1) is 0 Å². The van der Waals surface area contributed by atoms with E-state index in [1.54, 1.807) is 6.07 Å². The van der Waals surface area contributed by atoms with Gasteiger partial charge in [0.25, 0.3) is 0 Å². The van der Waals surface area contributed by atoms with E-state index < -0.39 is 0 Å². The lowest BCUT2D eigenvalue weighted by Gasteiger charge is -2.37. The summed E-state index contributed by atoms with van der Waals surface area (Å²) in [6.07, 6.45) is 16.8. The number of halogens is 1. The van der Waals surface area contributed by atoms with Gasteiger partial charge in [0.2, 0.25) is 0 Å². The van der Waals surface area contributed by atoms with Crippen LogP contribution >= 0.6 is 0 Å². The zero-order valence-corrected chi connectivity index (χ0v) is 16.4. The zero-order chi connectivity index (χ0) is 17.6. The van der Waals surface area contributed by atoms with Crippen molar-refractivity contribution in [1.29, 1.82) is 0 Å². The van der Waals surface area contributed by atoms with Crippen LogP contribution in [0.5, 0.6) is 0 Å². The summed E-state index contributed by atoms with van der Waals surface area (Å²) in [6.45, 7) is 4.27. The summed E-state index contributed by atoms with van der Waals surface area (Å²) in [6, 6.07) is 5.73. The molecule has 140 valence electrons. The van der Waals surface area contributed by atoms with E-state index in [4.69, 9.17) is 0 Å². The van der Waals surface area contributed by atoms with E-state index >= 15 is 0 Å². The Kier molecular flexibility index (Phi) is 6.96. The molecule has 0 nitrogen and oxygen atoms in total. The minimum absolute atomic E-state index is 0.0482. The van der Waals surface area contributed by atoms with Gasteiger partial charge in [-0.05, 0) is 86.3 Å². The Bertz CT molecular complexity index is 519. The lowest BCUT2D eigenvalue weighted by Crippen LogP contribution is -2.25. The minimum atomic E-state index is -0.0482. The molecule has 1 heteroatoms. The standard InChI is InChI=1S/C24H37F/c1-18-7-13-22(14-8-18)23-15-11-20(12-16-23)5-3-4-6-21-10-9-19(2)24(25)17-21/h9-10,17-18,20,22-23H,3-8,11-16H2,1-2H3. The zero-order valence-electron chi connectivity index (χ0n) is 16.4. The average molecular weight is 345 g/mol. The molecule has 0 aliphatic heterocycles. The Morgan fingerprint density at radius 3 is 2.16 bits per heavy atom. The van der Waals surface area contributed by atoms with E-state index in [1.165, 1.54) is 76.2 Å². The molecule has 1 aromatic rings. The molecule has 2 saturated carbocycles. The van der Waals surface area contributed by atoms with Gasteiger partial charge in [-0.1, -0.05) is 57.6 Å². The third-order valence-corrected chi connectivity index (χ3v) is 7.18. The fourth-order valence-corrected chi connectivity index (χ4v) is 5.26. The number of hydrogen-bond acceptors (Lipinski definition) is 0. The molecule has 1 aromatic carbocycles. The van der Waals surface area contributed by atoms with Crippen molar-refractivity contribution in [1.82, 2.24) is 0 Å². The van der Waals surface area contributed by atoms with E-state index in [9.17, 15) is 4.39 Å². The van der Waals surface area contributed by atoms with Crippen molar-refractivity contribution in [3.63, 3.8) is 0 Å². The van der Waals surface area contributed by atoms with Crippen molar-refractivity contribution in [3.05, 3.63) is 35.1 Å². The molecule has 0 aromatic heterocycles. The van der Waals surface area contributed by atoms with Crippen LogP contribution in [-0.4, -0.2) is 0 Å². The van der Waals surface area contributed by atoms with Crippen molar-refractivity contribution >= 4 is 0 Å². The van der Waals surface area contributed by atoms with Crippen LogP contribution in [0.4, 0.5) is 4.39 Å². The van der Waals surface area contributed by atoms with Crippen LogP contribution in [0.1, 0.15) is 88.7 Å². The van der Waals surface area contributed by atoms with Gasteiger partial charge in [-0.3, -0.25) is 0 Å². The lowest BCUT2D eigenvalue weighted by molar-refractivity contribution is 0.146. The molecule has 0 radical (unpaired) electrons. The Morgan fingerprint density at radius 2 is 1.52 bits per heavy atom. The summed E-state index contributed by atoms with van der Waals surface area (Å²) >= 11 is 0. The number of hydrogen-bond donors (Lipinski definition) is 0. The van der Waals surface area contributed by atoms with Gasteiger partial charge in [-0.25, -0.2) is 4.39 Å². The highest BCUT2D eigenvalue weighted by Crippen LogP contribution is 2.42. The molecule has 0 spiro atoms. The first-order chi connectivity index (χ1) is 12.1. The maximum atomic E-state index is 13.6. The quantitative estimate of drug-likeness (QED) is 0.469. The molecular formula is C24H37F. The molecule has 2 aliphatic carbocycles. The average Bonchev–Trinajstić information content (AvgIpc) is 2.63. The second-order valence-electron chi connectivity index (χ2n) is 9.13. The fourth-order valence-electron chi connectivity index (χ4n) is 5.26. The number of aryl methyl sites for hydroxylation is 2. The highest BCUT2D eigenvalue weighted by Gasteiger charge is 2.29. The first-order valence-corrected chi connectivity index (χ1v) is 10.9. The lowest BCUT2D eigenvalue weighted by atomic mass is 9.69. The van der Waals surface area contributed by atoms with E-state index in [-0.39, 0.29) is 5.82 Å². The summed E-state index contributed by atoms with van der Waals surface area (Å²) in [5.41, 5.74) is 1.92. The van der Waals surface area contributed by atoms with Gasteiger partial charge < -0.3 is 0 Å². The van der Waals surface area contributed by atoms with E-state index in [0.717, 1.165) is 35.7 Å². The summed E-state index contributed by atoms with van der Waals surface area (Å²) in [5, 5.41) is 0. The Balaban J connectivity index is 1.31. The Hall–Kier alpha value is -0.850. The second-order valence-corrected chi connectivity index (χ2v) is 9.13. The summed E-state index contributed by atoms with van der Waals surface area (Å²) in [5.74, 6) is 3.99. The van der Waals surface area contributed by atoms with Crippen LogP contribution in [0, 0.1) is 36.4 Å². The predicted molar refractivity (Wildman–Crippen MR) is 105 cm³/mol. The second kappa shape index (κ2) is 9.19. The predicted octanol–water partition coefficient (Wildman–Crippen LogP) is 7.48. The molecule has 2 aliphatic rings. The molecule has 0 saturated heterocycles. The molecule has 0 N–H and O–H groups in total. The van der Waals surface area contributed by atoms with Crippen LogP contribution in [0.3, 0.4) is 0 Å². The van der Waals surface area contributed by atoms with E-state index in [2.05, 4.69) is 13.0 Å². The Labute approximate surface area is 154 Å². The van der Waals surface area contributed by atoms with Crippen molar-refractivity contribution in [2.24, 2.45) is 23.7 Å². The monoisotopic (exact) mass is 344 g/mol. The first kappa shape index (κ1) is 18.9. The van der Waals surface area contributed by atoms with Crippen LogP contribution in [0.25, 0.3) is 0 Å². The van der Waals surface area contributed by atoms with Crippen molar-refractivity contribution < 1.29 is 4.39 Å². The third-order valence-electron chi connectivity index (χ3n) is 7.18. The van der Waals surface area contributed by atoms with Crippen LogP contribution < -0.4 is 0 Å². The number of rotatable bonds is 6. The molecule has 0 amide bonds. The third kappa shape index (κ3) is 5.56. The molecule has 2 fully saturated rings. The topological polar surface area (TPSA) is 0 Å². The summed E-state index contributed by atoms with van der Waals surface area (Å²) in [4.78, 5) is 0. The molecule has 0 atom stereocenters. The van der Waals surface area contributed by atoms with Crippen LogP contribution in [0.15, 0.2) is 18.2 Å². The van der Waals surface area contributed by atoms with E-state index in [1.807, 2.05) is 13.0 Å². The van der Waals surface area contributed by atoms with Crippen molar-refractivity contribution in [2.45, 2.75) is 90.9 Å². The largest absolute Gasteiger partial charge is 0.207 e. The summed E-state index contributed by atoms with van der Waals surface area (Å²) in [7, 11) is 0. The minimum Gasteiger partial charge on any atom is -0.207 e. The molecule has 0 unspecified atom stereocenters. The maximum absolute atomic E-state index is 13.6. The molecule has 0 bridgehead atoms. The molecule has 3 rings (SSSR count). The molecule has 0 heterocycles. The van der Waals surface area contributed by atoms with Gasteiger partial charge in [0, 0.05) is 0 Å². The number of benzene rings is 1. The normalized spacial score (nSPS) is 30.4. The van der Waals surface area contributed by atoms with Crippen LogP contribution in [-0.2, 0) is 6.42 Å². The smallest absolute Gasteiger partial charge is 0.126 e. The van der Waals surface area contributed by atoms with Crippen LogP contribution in [0.2, 0.25) is 0 Å². The highest BCUT2D eigenvalue weighted by atomic mass is 19.1. The van der Waals surface area contributed by atoms with Gasteiger partial charge >= 0.3 is 0 Å². The molecular weight excluding hydrogens is 307 g/mol. The van der Waals surface area contributed by atoms with Gasteiger partial charge in [-0.2, -0.15) is 0 Å². The van der Waals surface area contributed by atoms with Gasteiger partial charge in [0.15, 0.2) is 0 Å².